The van der Waals surface area contributed by atoms with Crippen molar-refractivity contribution in [3.8, 4) is 12.3 Å². The van der Waals surface area contributed by atoms with E-state index in [1.807, 2.05) is 0 Å². The molecule has 7 nitrogen and oxygen atoms in total. The summed E-state index contributed by atoms with van der Waals surface area (Å²) < 4.78 is 44.4. The molecule has 2 heterocycles. The van der Waals surface area contributed by atoms with Crippen molar-refractivity contribution in [3.05, 3.63) is 46.6 Å². The fraction of sp³-hybridized carbons (Fsp3) is 0.409. The van der Waals surface area contributed by atoms with Crippen molar-refractivity contribution in [1.29, 1.82) is 0 Å². The molecule has 0 aliphatic carbocycles. The monoisotopic (exact) mass is 447 g/mol. The Morgan fingerprint density at radius 3 is 2.62 bits per heavy atom. The molecule has 0 saturated carbocycles. The van der Waals surface area contributed by atoms with E-state index in [0.717, 1.165) is 12.1 Å². The van der Waals surface area contributed by atoms with E-state index in [4.69, 9.17) is 11.2 Å². The molecule has 3 rings (SSSR count). The Labute approximate surface area is 184 Å². The van der Waals surface area contributed by atoms with Gasteiger partial charge in [-0.05, 0) is 38.5 Å². The number of hydrogen-bond acceptors (Lipinski definition) is 6. The van der Waals surface area contributed by atoms with Gasteiger partial charge in [-0.2, -0.15) is 18.2 Å². The van der Waals surface area contributed by atoms with E-state index in [0.29, 0.717) is 22.6 Å². The molecule has 0 unspecified atom stereocenters. The lowest BCUT2D eigenvalue weighted by Crippen LogP contribution is -2.33. The van der Waals surface area contributed by atoms with Crippen LogP contribution >= 0.6 is 0 Å². The number of carbonyl (C=O) groups is 1. The number of benzene rings is 1. The number of ether oxygens (including phenoxy) is 1. The number of hydrogen-bond donors (Lipinski definition) is 2. The third-order valence-electron chi connectivity index (χ3n) is 4.50. The second-order valence-electron chi connectivity index (χ2n) is 8.27. The molecule has 2 N–H and O–H groups in total. The number of halogens is 3. The lowest BCUT2D eigenvalue weighted by Gasteiger charge is -2.24. The van der Waals surface area contributed by atoms with Crippen molar-refractivity contribution in [2.75, 3.05) is 17.2 Å². The van der Waals surface area contributed by atoms with Crippen LogP contribution in [0.25, 0.3) is 0 Å². The van der Waals surface area contributed by atoms with E-state index in [1.165, 1.54) is 11.0 Å². The van der Waals surface area contributed by atoms with Gasteiger partial charge in [0.15, 0.2) is 0 Å². The number of amides is 1. The topological polar surface area (TPSA) is 79.4 Å². The van der Waals surface area contributed by atoms with Crippen LogP contribution in [0, 0.1) is 12.3 Å². The molecule has 2 aromatic rings. The van der Waals surface area contributed by atoms with E-state index >= 15 is 0 Å². The van der Waals surface area contributed by atoms with Crippen molar-refractivity contribution in [2.24, 2.45) is 0 Å². The summed E-state index contributed by atoms with van der Waals surface area (Å²) in [6.45, 7) is 6.06. The molecule has 170 valence electrons. The minimum Gasteiger partial charge on any atom is -0.444 e. The van der Waals surface area contributed by atoms with Gasteiger partial charge in [0.2, 0.25) is 5.95 Å². The molecule has 0 spiro atoms. The zero-order chi connectivity index (χ0) is 23.5. The fourth-order valence-electron chi connectivity index (χ4n) is 3.11. The summed E-state index contributed by atoms with van der Waals surface area (Å²) in [5.41, 5.74) is 0.345. The Kier molecular flexibility index (Phi) is 6.48. The fourth-order valence-corrected chi connectivity index (χ4v) is 3.11. The highest BCUT2D eigenvalue weighted by Gasteiger charge is 2.32. The molecule has 1 aliphatic heterocycles. The first-order valence-electron chi connectivity index (χ1n) is 9.91. The largest absolute Gasteiger partial charge is 0.444 e. The molecule has 1 aromatic carbocycles. The molecule has 1 aromatic heterocycles. The van der Waals surface area contributed by atoms with E-state index in [-0.39, 0.29) is 32.1 Å². The molecule has 0 saturated heterocycles. The summed E-state index contributed by atoms with van der Waals surface area (Å²) in [5, 5.41) is 5.97. The van der Waals surface area contributed by atoms with Crippen LogP contribution in [0.5, 0.6) is 0 Å². The minimum atomic E-state index is -4.42. The molecule has 0 radical (unpaired) electrons. The van der Waals surface area contributed by atoms with Crippen LogP contribution < -0.4 is 10.6 Å². The molecular weight excluding hydrogens is 423 g/mol. The molecule has 0 atom stereocenters. The number of nitrogens with one attached hydrogen (secondary N) is 2. The third-order valence-corrected chi connectivity index (χ3v) is 4.50. The van der Waals surface area contributed by atoms with Gasteiger partial charge in [-0.25, -0.2) is 9.78 Å². The molecule has 32 heavy (non-hydrogen) atoms. The number of anilines is 2. The van der Waals surface area contributed by atoms with Gasteiger partial charge in [-0.15, -0.1) is 6.42 Å². The number of carbonyl (C=O) groups excluding carboxylic acids is 1. The Bertz CT molecular complexity index is 1040. The van der Waals surface area contributed by atoms with Crippen LogP contribution in [0.15, 0.2) is 24.3 Å². The van der Waals surface area contributed by atoms with Gasteiger partial charge in [0.1, 0.15) is 11.4 Å². The maximum Gasteiger partial charge on any atom is 0.416 e. The second kappa shape index (κ2) is 8.94. The quantitative estimate of drug-likeness (QED) is 0.662. The second-order valence-corrected chi connectivity index (χ2v) is 8.27. The van der Waals surface area contributed by atoms with Crippen LogP contribution in [-0.2, 0) is 30.5 Å². The van der Waals surface area contributed by atoms with Crippen molar-refractivity contribution in [1.82, 2.24) is 14.9 Å². The lowest BCUT2D eigenvalue weighted by molar-refractivity contribution is -0.137. The van der Waals surface area contributed by atoms with E-state index in [1.54, 1.807) is 26.8 Å². The highest BCUT2D eigenvalue weighted by molar-refractivity contribution is 5.70. The molecule has 0 bridgehead atoms. The molecular formula is C22H24F3N5O2. The summed E-state index contributed by atoms with van der Waals surface area (Å²) in [7, 11) is 0. The molecule has 10 heteroatoms. The summed E-state index contributed by atoms with van der Waals surface area (Å²) in [5.74, 6) is 3.11. The Balaban J connectivity index is 1.83. The van der Waals surface area contributed by atoms with Gasteiger partial charge >= 0.3 is 12.3 Å². The lowest BCUT2D eigenvalue weighted by atomic mass is 10.1. The minimum absolute atomic E-state index is 0.106. The van der Waals surface area contributed by atoms with Gasteiger partial charge in [-0.3, -0.25) is 4.90 Å². The zero-order valence-corrected chi connectivity index (χ0v) is 18.0. The van der Waals surface area contributed by atoms with Crippen molar-refractivity contribution < 1.29 is 22.7 Å². The normalized spacial score (nSPS) is 13.3. The predicted molar refractivity (Wildman–Crippen MR) is 114 cm³/mol. The number of terminal acetylenes is 1. The maximum absolute atomic E-state index is 13.0. The third kappa shape index (κ3) is 5.81. The Morgan fingerprint density at radius 1 is 1.22 bits per heavy atom. The van der Waals surface area contributed by atoms with Gasteiger partial charge in [-0.1, -0.05) is 18.1 Å². The van der Waals surface area contributed by atoms with Gasteiger partial charge in [0.05, 0.1) is 30.9 Å². The summed E-state index contributed by atoms with van der Waals surface area (Å²) >= 11 is 0. The van der Waals surface area contributed by atoms with Crippen LogP contribution in [0.3, 0.4) is 0 Å². The summed E-state index contributed by atoms with van der Waals surface area (Å²) in [6.07, 6.45) is 0.374. The van der Waals surface area contributed by atoms with Crippen LogP contribution in [0.1, 0.15) is 43.2 Å². The number of alkyl halides is 3. The van der Waals surface area contributed by atoms with Gasteiger partial charge < -0.3 is 15.4 Å². The summed E-state index contributed by atoms with van der Waals surface area (Å²) in [4.78, 5) is 22.8. The summed E-state index contributed by atoms with van der Waals surface area (Å²) in [6, 6.07) is 5.05. The Morgan fingerprint density at radius 2 is 1.97 bits per heavy atom. The first-order valence-corrected chi connectivity index (χ1v) is 9.91. The van der Waals surface area contributed by atoms with Crippen molar-refractivity contribution >= 4 is 17.9 Å². The molecule has 0 fully saturated rings. The van der Waals surface area contributed by atoms with Crippen LogP contribution in [0.2, 0.25) is 0 Å². The highest BCUT2D eigenvalue weighted by Crippen LogP contribution is 2.31. The zero-order valence-electron chi connectivity index (χ0n) is 18.0. The Hall–Kier alpha value is -3.48. The molecule has 1 aliphatic rings. The van der Waals surface area contributed by atoms with E-state index < -0.39 is 23.4 Å². The van der Waals surface area contributed by atoms with Crippen molar-refractivity contribution in [3.63, 3.8) is 0 Å². The van der Waals surface area contributed by atoms with E-state index in [2.05, 4.69) is 26.5 Å². The smallest absolute Gasteiger partial charge is 0.416 e. The number of fused-ring (bicyclic) bond motifs is 1. The number of rotatable bonds is 5. The maximum atomic E-state index is 13.0. The SMILES string of the molecule is C#CCNc1nc2c(c(NCc3cccc(C(F)(F)F)c3)n1)CN(C(=O)OC(C)(C)C)C2. The first-order chi connectivity index (χ1) is 15.0. The van der Waals surface area contributed by atoms with Gasteiger partial charge in [0, 0.05) is 12.1 Å². The highest BCUT2D eigenvalue weighted by atomic mass is 19.4. The predicted octanol–water partition coefficient (Wildman–Crippen LogP) is 4.40. The number of nitrogens with zero attached hydrogens (tertiary/aromatic N) is 3. The van der Waals surface area contributed by atoms with Gasteiger partial charge in [0.25, 0.3) is 0 Å². The van der Waals surface area contributed by atoms with Crippen LogP contribution in [0.4, 0.5) is 29.7 Å². The first kappa shape index (κ1) is 23.2. The average molecular weight is 447 g/mol. The standard InChI is InChI=1S/C22H24F3N5O2/c1-5-9-26-19-28-17-13-30(20(31)32-21(2,3)4)12-16(17)18(29-19)27-11-14-7-6-8-15(10-14)22(23,24)25/h1,6-8,10H,9,11-13H2,2-4H3,(H2,26,27,28,29). The molecule has 1 amide bonds. The van der Waals surface area contributed by atoms with E-state index in [9.17, 15) is 18.0 Å². The number of aromatic nitrogens is 2. The average Bonchev–Trinajstić information content (AvgIpc) is 3.13. The van der Waals surface area contributed by atoms with Crippen LogP contribution in [-0.4, -0.2) is 33.1 Å². The van der Waals surface area contributed by atoms with Crippen molar-refractivity contribution in [2.45, 2.75) is 52.2 Å².